The minimum atomic E-state index is -0.711. The summed E-state index contributed by atoms with van der Waals surface area (Å²) in [7, 11) is 0. The maximum absolute atomic E-state index is 11.8. The topological polar surface area (TPSA) is 100 Å². The van der Waals surface area contributed by atoms with E-state index in [1.807, 2.05) is 6.07 Å². The number of primary amides is 1. The van der Waals surface area contributed by atoms with E-state index in [4.69, 9.17) is 15.4 Å². The number of likely N-dealkylation sites (tertiary alicyclic amines) is 1. The van der Waals surface area contributed by atoms with E-state index in [-0.39, 0.29) is 11.7 Å². The molecule has 0 bridgehead atoms. The van der Waals surface area contributed by atoms with Gasteiger partial charge in [0.25, 0.3) is 0 Å². The fourth-order valence-corrected chi connectivity index (χ4v) is 1.90. The molecule has 2 heterocycles. The number of hydrogen-bond acceptors (Lipinski definition) is 4. The smallest absolute Gasteiger partial charge is 0.235 e. The molecule has 1 saturated heterocycles. The van der Waals surface area contributed by atoms with Crippen molar-refractivity contribution in [1.82, 2.24) is 4.90 Å². The van der Waals surface area contributed by atoms with E-state index < -0.39 is 11.8 Å². The van der Waals surface area contributed by atoms with Gasteiger partial charge in [0.1, 0.15) is 12.0 Å². The van der Waals surface area contributed by atoms with E-state index >= 15 is 0 Å². The Morgan fingerprint density at radius 1 is 1.71 bits per heavy atom. The number of nitriles is 1. The molecule has 6 nitrogen and oxygen atoms in total. The van der Waals surface area contributed by atoms with Crippen molar-refractivity contribution in [3.63, 3.8) is 0 Å². The number of hydrogen-bond donors (Lipinski definition) is 1. The lowest BCUT2D eigenvalue weighted by molar-refractivity contribution is -0.136. The van der Waals surface area contributed by atoms with Crippen LogP contribution in [-0.4, -0.2) is 23.3 Å². The third-order valence-electron chi connectivity index (χ3n) is 2.78. The maximum Gasteiger partial charge on any atom is 0.235 e. The molecule has 1 aliphatic rings. The molecule has 0 unspecified atom stereocenters. The van der Waals surface area contributed by atoms with Crippen LogP contribution in [0.2, 0.25) is 0 Å². The molecule has 6 heteroatoms. The second kappa shape index (κ2) is 4.29. The van der Waals surface area contributed by atoms with E-state index in [1.165, 1.54) is 6.26 Å². The largest absolute Gasteiger partial charge is 0.454 e. The fourth-order valence-electron chi connectivity index (χ4n) is 1.90. The van der Waals surface area contributed by atoms with Crippen molar-refractivity contribution >= 4 is 11.8 Å². The number of rotatable bonds is 3. The van der Waals surface area contributed by atoms with Crippen LogP contribution in [0.25, 0.3) is 0 Å². The zero-order valence-corrected chi connectivity index (χ0v) is 9.05. The van der Waals surface area contributed by atoms with Crippen LogP contribution in [0.1, 0.15) is 17.7 Å². The summed E-state index contributed by atoms with van der Waals surface area (Å²) in [6, 6.07) is 3.44. The molecule has 0 aliphatic carbocycles. The van der Waals surface area contributed by atoms with Crippen LogP contribution in [0, 0.1) is 17.2 Å². The quantitative estimate of drug-likeness (QED) is 0.741. The average molecular weight is 233 g/mol. The normalized spacial score (nSPS) is 19.4. The molecule has 1 fully saturated rings. The van der Waals surface area contributed by atoms with Gasteiger partial charge in [0.15, 0.2) is 0 Å². The SMILES string of the molecule is N#Cc1cc(CN2CC[C@@H](C(N)=O)C2=O)co1. The van der Waals surface area contributed by atoms with Crippen molar-refractivity contribution in [2.45, 2.75) is 13.0 Å². The second-order valence-corrected chi connectivity index (χ2v) is 3.93. The molecule has 2 rings (SSSR count). The lowest BCUT2D eigenvalue weighted by atomic mass is 10.1. The molecule has 0 spiro atoms. The zero-order chi connectivity index (χ0) is 12.4. The Morgan fingerprint density at radius 2 is 2.47 bits per heavy atom. The highest BCUT2D eigenvalue weighted by Crippen LogP contribution is 2.20. The van der Waals surface area contributed by atoms with Gasteiger partial charge in [0.2, 0.25) is 17.6 Å². The summed E-state index contributed by atoms with van der Waals surface area (Å²) in [6.45, 7) is 0.841. The molecule has 1 aromatic rings. The Hall–Kier alpha value is -2.29. The first kappa shape index (κ1) is 11.2. The summed E-state index contributed by atoms with van der Waals surface area (Å²) >= 11 is 0. The van der Waals surface area contributed by atoms with Crippen LogP contribution >= 0.6 is 0 Å². The summed E-state index contributed by atoms with van der Waals surface area (Å²) < 4.78 is 4.94. The number of furan rings is 1. The van der Waals surface area contributed by atoms with Gasteiger partial charge in [-0.15, -0.1) is 0 Å². The Bertz CT molecular complexity index is 500. The monoisotopic (exact) mass is 233 g/mol. The summed E-state index contributed by atoms with van der Waals surface area (Å²) in [6.07, 6.45) is 1.89. The third kappa shape index (κ3) is 2.13. The van der Waals surface area contributed by atoms with E-state index in [2.05, 4.69) is 0 Å². The molecule has 0 aromatic carbocycles. The van der Waals surface area contributed by atoms with Gasteiger partial charge in [-0.25, -0.2) is 0 Å². The van der Waals surface area contributed by atoms with E-state index in [1.54, 1.807) is 11.0 Å². The fraction of sp³-hybridized carbons (Fsp3) is 0.364. The highest BCUT2D eigenvalue weighted by Gasteiger charge is 2.35. The molecule has 2 N–H and O–H groups in total. The molecule has 1 aromatic heterocycles. The molecule has 88 valence electrons. The van der Waals surface area contributed by atoms with Gasteiger partial charge in [-0.1, -0.05) is 0 Å². The Labute approximate surface area is 97.6 Å². The average Bonchev–Trinajstić information content (AvgIpc) is 2.87. The van der Waals surface area contributed by atoms with Crippen LogP contribution in [0.5, 0.6) is 0 Å². The van der Waals surface area contributed by atoms with Gasteiger partial charge in [-0.05, 0) is 12.5 Å². The van der Waals surface area contributed by atoms with Crippen molar-refractivity contribution in [1.29, 1.82) is 5.26 Å². The molecule has 17 heavy (non-hydrogen) atoms. The van der Waals surface area contributed by atoms with Gasteiger partial charge >= 0.3 is 0 Å². The minimum Gasteiger partial charge on any atom is -0.454 e. The predicted octanol–water partition coefficient (Wildman–Crippen LogP) is -0.0149. The first-order valence-corrected chi connectivity index (χ1v) is 5.17. The van der Waals surface area contributed by atoms with E-state index in [0.717, 1.165) is 5.56 Å². The lowest BCUT2D eigenvalue weighted by Crippen LogP contribution is -2.33. The number of nitrogens with zero attached hydrogens (tertiary/aromatic N) is 2. The lowest BCUT2D eigenvalue weighted by Gasteiger charge is -2.14. The van der Waals surface area contributed by atoms with Crippen LogP contribution in [0.4, 0.5) is 0 Å². The van der Waals surface area contributed by atoms with Crippen molar-refractivity contribution in [3.05, 3.63) is 23.7 Å². The van der Waals surface area contributed by atoms with Gasteiger partial charge in [-0.2, -0.15) is 5.26 Å². The predicted molar refractivity (Wildman–Crippen MR) is 56.1 cm³/mol. The molecule has 1 atom stereocenters. The van der Waals surface area contributed by atoms with Gasteiger partial charge < -0.3 is 15.1 Å². The minimum absolute atomic E-state index is 0.207. The Balaban J connectivity index is 2.04. The molecule has 0 radical (unpaired) electrons. The Kier molecular flexibility index (Phi) is 2.83. The Morgan fingerprint density at radius 3 is 3.00 bits per heavy atom. The highest BCUT2D eigenvalue weighted by molar-refractivity contribution is 6.00. The van der Waals surface area contributed by atoms with Crippen LogP contribution in [0.15, 0.2) is 16.7 Å². The molecular weight excluding hydrogens is 222 g/mol. The van der Waals surface area contributed by atoms with Crippen molar-refractivity contribution in [2.75, 3.05) is 6.54 Å². The molecule has 0 saturated carbocycles. The summed E-state index contributed by atoms with van der Waals surface area (Å²) in [5.74, 6) is -1.34. The summed E-state index contributed by atoms with van der Waals surface area (Å²) in [5.41, 5.74) is 5.86. The number of carbonyl (C=O) groups excluding carboxylic acids is 2. The van der Waals surface area contributed by atoms with E-state index in [9.17, 15) is 9.59 Å². The highest BCUT2D eigenvalue weighted by atomic mass is 16.3. The summed E-state index contributed by atoms with van der Waals surface area (Å²) in [5, 5.41) is 8.59. The third-order valence-corrected chi connectivity index (χ3v) is 2.78. The zero-order valence-electron chi connectivity index (χ0n) is 9.05. The number of amides is 2. The van der Waals surface area contributed by atoms with Crippen molar-refractivity contribution in [2.24, 2.45) is 11.7 Å². The van der Waals surface area contributed by atoms with Gasteiger partial charge in [-0.3, -0.25) is 9.59 Å². The number of nitrogens with two attached hydrogens (primary N) is 1. The van der Waals surface area contributed by atoms with Gasteiger partial charge in [0, 0.05) is 18.7 Å². The van der Waals surface area contributed by atoms with Crippen LogP contribution < -0.4 is 5.73 Å². The molecule has 1 aliphatic heterocycles. The standard InChI is InChI=1S/C11H11N3O3/c12-4-8-3-7(6-17-8)5-14-2-1-9(10(13)15)11(14)16/h3,6,9H,1-2,5H2,(H2,13,15)/t9-/m0/s1. The van der Waals surface area contributed by atoms with Crippen molar-refractivity contribution < 1.29 is 14.0 Å². The number of carbonyl (C=O) groups is 2. The van der Waals surface area contributed by atoms with Crippen LogP contribution in [0.3, 0.4) is 0 Å². The van der Waals surface area contributed by atoms with E-state index in [0.29, 0.717) is 19.5 Å². The molecule has 2 amide bonds. The van der Waals surface area contributed by atoms with Crippen LogP contribution in [-0.2, 0) is 16.1 Å². The second-order valence-electron chi connectivity index (χ2n) is 3.93. The summed E-state index contributed by atoms with van der Waals surface area (Å²) in [4.78, 5) is 24.3. The maximum atomic E-state index is 11.8. The van der Waals surface area contributed by atoms with Crippen molar-refractivity contribution in [3.8, 4) is 6.07 Å². The first-order chi connectivity index (χ1) is 8.11. The van der Waals surface area contributed by atoms with Gasteiger partial charge in [0.05, 0.1) is 6.26 Å². The molecular formula is C11H11N3O3. The first-order valence-electron chi connectivity index (χ1n) is 5.17.